The number of fused-ring (bicyclic) bond motifs is 5. The molecule has 3 atom stereocenters. The fraction of sp³-hybridized carbons (Fsp3) is 0.692. The maximum atomic E-state index is 13.3. The minimum Gasteiger partial charge on any atom is -0.483 e. The lowest BCUT2D eigenvalue weighted by atomic mass is 9.82. The van der Waals surface area contributed by atoms with Gasteiger partial charge in [0.05, 0.1) is 24.8 Å². The van der Waals surface area contributed by atoms with Gasteiger partial charge in [0.25, 0.3) is 5.91 Å². The van der Waals surface area contributed by atoms with Gasteiger partial charge in [-0.1, -0.05) is 18.2 Å². The largest absolute Gasteiger partial charge is 0.483 e. The molecule has 1 aromatic rings. The number of piperidine rings is 1. The van der Waals surface area contributed by atoms with Crippen LogP contribution in [0.2, 0.25) is 0 Å². The average molecular weight is 457 g/mol. The van der Waals surface area contributed by atoms with Crippen molar-refractivity contribution in [1.29, 1.82) is 0 Å². The Morgan fingerprint density at radius 3 is 2.64 bits per heavy atom. The van der Waals surface area contributed by atoms with Crippen LogP contribution in [0.4, 0.5) is 0 Å². The normalized spacial score (nSPS) is 32.9. The van der Waals surface area contributed by atoms with Gasteiger partial charge < -0.3 is 24.4 Å². The molecule has 0 radical (unpaired) electrons. The molecule has 2 saturated heterocycles. The van der Waals surface area contributed by atoms with Crippen molar-refractivity contribution in [3.8, 4) is 5.75 Å². The van der Waals surface area contributed by atoms with E-state index >= 15 is 0 Å². The quantitative estimate of drug-likeness (QED) is 0.740. The van der Waals surface area contributed by atoms with Gasteiger partial charge in [-0.25, -0.2) is 0 Å². The van der Waals surface area contributed by atoms with Crippen LogP contribution in [0.3, 0.4) is 0 Å². The number of para-hydroxylation sites is 1. The first-order valence-electron chi connectivity index (χ1n) is 12.7. The molecular weight excluding hydrogens is 420 g/mol. The number of amides is 2. The molecule has 2 bridgehead atoms. The highest BCUT2D eigenvalue weighted by Crippen LogP contribution is 2.38. The summed E-state index contributed by atoms with van der Waals surface area (Å²) < 4.78 is 18.2. The molecule has 0 spiro atoms. The highest BCUT2D eigenvalue weighted by Gasteiger charge is 2.38. The number of ether oxygens (including phenoxy) is 3. The third kappa shape index (κ3) is 5.19. The standard InChI is InChI=1S/C26H36N2O5/c29-25-17-33-23-8-2-1-6-20(23)18-10-12-19(13-11-18)32-16-22-21(7-5-14-28(22)25)27-26(30)24-9-3-4-15-31-24/h1-2,6,8,18-19,21-22,24H,3-5,7,9-17H2,(H,27,30). The summed E-state index contributed by atoms with van der Waals surface area (Å²) in [5.41, 5.74) is 1.20. The average Bonchev–Trinajstić information content (AvgIpc) is 2.88. The summed E-state index contributed by atoms with van der Waals surface area (Å²) in [6.45, 7) is 1.76. The minimum atomic E-state index is -0.379. The Labute approximate surface area is 196 Å². The lowest BCUT2D eigenvalue weighted by Gasteiger charge is -2.42. The van der Waals surface area contributed by atoms with E-state index in [0.717, 1.165) is 63.5 Å². The summed E-state index contributed by atoms with van der Waals surface area (Å²) in [6.07, 6.45) is 8.44. The zero-order chi connectivity index (χ0) is 22.6. The minimum absolute atomic E-state index is 0.00998. The van der Waals surface area contributed by atoms with Gasteiger partial charge in [0, 0.05) is 13.2 Å². The van der Waals surface area contributed by atoms with Crippen molar-refractivity contribution < 1.29 is 23.8 Å². The van der Waals surface area contributed by atoms with Gasteiger partial charge in [0.2, 0.25) is 5.91 Å². The number of carbonyl (C=O) groups excluding carboxylic acids is 2. The van der Waals surface area contributed by atoms with Crippen LogP contribution < -0.4 is 10.1 Å². The number of carbonyl (C=O) groups is 2. The molecule has 1 N–H and O–H groups in total. The van der Waals surface area contributed by atoms with Gasteiger partial charge in [0.15, 0.2) is 6.61 Å². The van der Waals surface area contributed by atoms with E-state index < -0.39 is 0 Å². The third-order valence-electron chi connectivity index (χ3n) is 7.79. The van der Waals surface area contributed by atoms with E-state index in [1.54, 1.807) is 0 Å². The highest BCUT2D eigenvalue weighted by atomic mass is 16.5. The van der Waals surface area contributed by atoms with Crippen molar-refractivity contribution in [1.82, 2.24) is 10.2 Å². The molecule has 3 fully saturated rings. The maximum Gasteiger partial charge on any atom is 0.260 e. The van der Waals surface area contributed by atoms with E-state index in [4.69, 9.17) is 14.2 Å². The van der Waals surface area contributed by atoms with Crippen LogP contribution in [0.1, 0.15) is 69.3 Å². The van der Waals surface area contributed by atoms with Crippen molar-refractivity contribution in [2.24, 2.45) is 0 Å². The van der Waals surface area contributed by atoms with Gasteiger partial charge >= 0.3 is 0 Å². The Bertz CT molecular complexity index is 832. The number of nitrogens with one attached hydrogen (secondary N) is 1. The molecule has 1 saturated carbocycles. The molecule has 7 nitrogen and oxygen atoms in total. The van der Waals surface area contributed by atoms with Crippen LogP contribution in [-0.4, -0.2) is 67.4 Å². The molecule has 180 valence electrons. The van der Waals surface area contributed by atoms with Crippen LogP contribution in [0.25, 0.3) is 0 Å². The van der Waals surface area contributed by atoms with Gasteiger partial charge in [-0.15, -0.1) is 0 Å². The summed E-state index contributed by atoms with van der Waals surface area (Å²) >= 11 is 0. The molecule has 6 rings (SSSR count). The topological polar surface area (TPSA) is 77.1 Å². The lowest BCUT2D eigenvalue weighted by molar-refractivity contribution is -0.144. The molecule has 1 aromatic carbocycles. The molecule has 5 aliphatic rings. The van der Waals surface area contributed by atoms with Crippen molar-refractivity contribution in [2.45, 2.75) is 88.0 Å². The van der Waals surface area contributed by atoms with Crippen LogP contribution >= 0.6 is 0 Å². The van der Waals surface area contributed by atoms with E-state index in [9.17, 15) is 9.59 Å². The van der Waals surface area contributed by atoms with Crippen molar-refractivity contribution in [3.05, 3.63) is 29.8 Å². The molecular formula is C26H36N2O5. The molecule has 2 amide bonds. The molecule has 33 heavy (non-hydrogen) atoms. The van der Waals surface area contributed by atoms with Gasteiger partial charge in [-0.2, -0.15) is 0 Å². The Morgan fingerprint density at radius 2 is 1.82 bits per heavy atom. The number of hydrogen-bond acceptors (Lipinski definition) is 5. The lowest BCUT2D eigenvalue weighted by Crippen LogP contribution is -2.61. The maximum absolute atomic E-state index is 13.3. The first-order valence-corrected chi connectivity index (χ1v) is 12.7. The zero-order valence-corrected chi connectivity index (χ0v) is 19.4. The Balaban J connectivity index is 1.34. The van der Waals surface area contributed by atoms with Crippen LogP contribution in [0.15, 0.2) is 24.3 Å². The second-order valence-corrected chi connectivity index (χ2v) is 9.90. The van der Waals surface area contributed by atoms with Crippen LogP contribution in [0.5, 0.6) is 5.75 Å². The predicted octanol–water partition coefficient (Wildman–Crippen LogP) is 3.17. The predicted molar refractivity (Wildman–Crippen MR) is 123 cm³/mol. The highest BCUT2D eigenvalue weighted by molar-refractivity contribution is 5.82. The van der Waals surface area contributed by atoms with Crippen molar-refractivity contribution in [3.63, 3.8) is 0 Å². The van der Waals surface area contributed by atoms with E-state index in [1.165, 1.54) is 5.56 Å². The number of benzene rings is 1. The first-order chi connectivity index (χ1) is 16.2. The SMILES string of the molecule is O=C(NC1CCCN2C(=O)COc3ccccc3C3CCC(CC3)OCC12)C1CCCCO1. The van der Waals surface area contributed by atoms with E-state index in [0.29, 0.717) is 25.7 Å². The molecule has 3 unspecified atom stereocenters. The zero-order valence-electron chi connectivity index (χ0n) is 19.4. The van der Waals surface area contributed by atoms with Crippen LogP contribution in [0, 0.1) is 0 Å². The molecule has 0 aromatic heterocycles. The number of nitrogens with zero attached hydrogens (tertiary/aromatic N) is 1. The van der Waals surface area contributed by atoms with E-state index in [-0.39, 0.29) is 42.7 Å². The number of rotatable bonds is 2. The van der Waals surface area contributed by atoms with Crippen LogP contribution in [-0.2, 0) is 19.1 Å². The van der Waals surface area contributed by atoms with Crippen molar-refractivity contribution in [2.75, 3.05) is 26.4 Å². The summed E-state index contributed by atoms with van der Waals surface area (Å²) in [6, 6.07) is 7.82. The Kier molecular flexibility index (Phi) is 7.16. The summed E-state index contributed by atoms with van der Waals surface area (Å²) in [7, 11) is 0. The van der Waals surface area contributed by atoms with E-state index in [1.807, 2.05) is 17.0 Å². The fourth-order valence-electron chi connectivity index (χ4n) is 5.91. The Morgan fingerprint density at radius 1 is 0.970 bits per heavy atom. The second-order valence-electron chi connectivity index (χ2n) is 9.90. The summed E-state index contributed by atoms with van der Waals surface area (Å²) in [5.74, 6) is 1.17. The summed E-state index contributed by atoms with van der Waals surface area (Å²) in [5, 5.41) is 3.21. The third-order valence-corrected chi connectivity index (χ3v) is 7.79. The first kappa shape index (κ1) is 22.7. The molecule has 7 heteroatoms. The number of hydrogen-bond donors (Lipinski definition) is 1. The molecule has 4 aliphatic heterocycles. The van der Waals surface area contributed by atoms with Gasteiger partial charge in [0.1, 0.15) is 11.9 Å². The summed E-state index contributed by atoms with van der Waals surface area (Å²) in [4.78, 5) is 28.1. The van der Waals surface area contributed by atoms with Gasteiger partial charge in [-0.05, 0) is 75.3 Å². The van der Waals surface area contributed by atoms with E-state index in [2.05, 4.69) is 17.4 Å². The smallest absolute Gasteiger partial charge is 0.260 e. The second kappa shape index (κ2) is 10.4. The van der Waals surface area contributed by atoms with Gasteiger partial charge in [-0.3, -0.25) is 9.59 Å². The fourth-order valence-corrected chi connectivity index (χ4v) is 5.91. The Hall–Kier alpha value is -2.12. The molecule has 4 heterocycles. The monoisotopic (exact) mass is 456 g/mol. The van der Waals surface area contributed by atoms with Crippen molar-refractivity contribution >= 4 is 11.8 Å². The molecule has 1 aliphatic carbocycles.